The maximum atomic E-state index is 13.7. The number of benzene rings is 3. The first-order chi connectivity index (χ1) is 16.6. The van der Waals surface area contributed by atoms with Gasteiger partial charge in [-0.05, 0) is 43.3 Å². The number of fused-ring (bicyclic) bond motifs is 1. The average molecular weight is 516 g/mol. The summed E-state index contributed by atoms with van der Waals surface area (Å²) in [5.41, 5.74) is 4.39. The maximum Gasteiger partial charge on any atom is 0.254 e. The minimum Gasteiger partial charge on any atom is -0.492 e. The van der Waals surface area contributed by atoms with Crippen LogP contribution in [0.3, 0.4) is 0 Å². The number of para-hydroxylation sites is 3. The fourth-order valence-corrected chi connectivity index (χ4v) is 4.86. The van der Waals surface area contributed by atoms with Crippen LogP contribution in [0.5, 0.6) is 5.75 Å². The lowest BCUT2D eigenvalue weighted by atomic mass is 10.0. The average Bonchev–Trinajstić information content (AvgIpc) is 2.88. The molecule has 2 heterocycles. The van der Waals surface area contributed by atoms with Crippen LogP contribution in [0.1, 0.15) is 17.3 Å². The molecule has 0 aliphatic carbocycles. The van der Waals surface area contributed by atoms with E-state index >= 15 is 0 Å². The second-order valence-electron chi connectivity index (χ2n) is 8.26. The second-order valence-corrected chi connectivity index (χ2v) is 9.18. The van der Waals surface area contributed by atoms with E-state index < -0.39 is 0 Å². The molecular formula is C28H26BrN3O2. The Balaban J connectivity index is 1.42. The highest BCUT2D eigenvalue weighted by Gasteiger charge is 2.25. The minimum atomic E-state index is 0.0487. The zero-order valence-corrected chi connectivity index (χ0v) is 20.7. The number of rotatable bonds is 5. The molecule has 1 fully saturated rings. The Kier molecular flexibility index (Phi) is 6.50. The van der Waals surface area contributed by atoms with Gasteiger partial charge >= 0.3 is 0 Å². The second kappa shape index (κ2) is 9.85. The number of piperazine rings is 1. The summed E-state index contributed by atoms with van der Waals surface area (Å²) in [7, 11) is 0. The summed E-state index contributed by atoms with van der Waals surface area (Å²) in [6.45, 7) is 5.46. The van der Waals surface area contributed by atoms with Crippen LogP contribution in [-0.2, 0) is 0 Å². The molecule has 0 radical (unpaired) electrons. The first-order valence-corrected chi connectivity index (χ1v) is 12.3. The van der Waals surface area contributed by atoms with Crippen LogP contribution >= 0.6 is 15.9 Å². The molecule has 0 N–H and O–H groups in total. The topological polar surface area (TPSA) is 45.7 Å². The van der Waals surface area contributed by atoms with Crippen LogP contribution < -0.4 is 9.64 Å². The molecule has 6 heteroatoms. The summed E-state index contributed by atoms with van der Waals surface area (Å²) in [5.74, 6) is 0.941. The third kappa shape index (κ3) is 4.50. The van der Waals surface area contributed by atoms with Crippen molar-refractivity contribution in [2.45, 2.75) is 6.92 Å². The molecule has 4 aromatic rings. The van der Waals surface area contributed by atoms with Crippen molar-refractivity contribution in [3.63, 3.8) is 0 Å². The van der Waals surface area contributed by atoms with Crippen molar-refractivity contribution >= 4 is 38.4 Å². The monoisotopic (exact) mass is 515 g/mol. The number of ether oxygens (including phenoxy) is 1. The van der Waals surface area contributed by atoms with Crippen molar-refractivity contribution in [1.82, 2.24) is 9.88 Å². The van der Waals surface area contributed by atoms with Crippen molar-refractivity contribution in [2.24, 2.45) is 0 Å². The standard InChI is InChI=1S/C28H26BrN3O2/c1-2-34-27-13-6-5-12-26(27)31-14-16-32(17-15-31)28(33)23-19-25(20-8-7-9-21(29)18-20)30-24-11-4-3-10-22(23)24/h3-13,18-19H,2,14-17H2,1H3. The van der Waals surface area contributed by atoms with Crippen LogP contribution in [0.15, 0.2) is 83.3 Å². The van der Waals surface area contributed by atoms with Crippen LogP contribution in [0.2, 0.25) is 0 Å². The van der Waals surface area contributed by atoms with E-state index in [0.717, 1.165) is 51.2 Å². The number of hydrogen-bond donors (Lipinski definition) is 0. The fourth-order valence-electron chi connectivity index (χ4n) is 4.46. The summed E-state index contributed by atoms with van der Waals surface area (Å²) in [5, 5.41) is 0.885. The highest BCUT2D eigenvalue weighted by Crippen LogP contribution is 2.30. The molecule has 5 nitrogen and oxygen atoms in total. The van der Waals surface area contributed by atoms with E-state index in [9.17, 15) is 4.79 Å². The van der Waals surface area contributed by atoms with Gasteiger partial charge in [0.25, 0.3) is 5.91 Å². The molecule has 1 saturated heterocycles. The molecule has 1 amide bonds. The van der Waals surface area contributed by atoms with Crippen LogP contribution in [0, 0.1) is 0 Å². The third-order valence-corrected chi connectivity index (χ3v) is 6.63. The highest BCUT2D eigenvalue weighted by atomic mass is 79.9. The van der Waals surface area contributed by atoms with Gasteiger partial charge in [-0.1, -0.05) is 58.4 Å². The van der Waals surface area contributed by atoms with Crippen LogP contribution in [-0.4, -0.2) is 48.6 Å². The number of carbonyl (C=O) groups is 1. The molecular weight excluding hydrogens is 490 g/mol. The summed E-state index contributed by atoms with van der Waals surface area (Å²) in [6, 6.07) is 25.9. The molecule has 172 valence electrons. The Labute approximate surface area is 208 Å². The van der Waals surface area contributed by atoms with Gasteiger partial charge in [-0.15, -0.1) is 0 Å². The SMILES string of the molecule is CCOc1ccccc1N1CCN(C(=O)c2cc(-c3cccc(Br)c3)nc3ccccc23)CC1. The van der Waals surface area contributed by atoms with E-state index in [4.69, 9.17) is 9.72 Å². The highest BCUT2D eigenvalue weighted by molar-refractivity contribution is 9.10. The molecule has 3 aromatic carbocycles. The number of halogens is 1. The van der Waals surface area contributed by atoms with Crippen molar-refractivity contribution in [2.75, 3.05) is 37.7 Å². The lowest BCUT2D eigenvalue weighted by Crippen LogP contribution is -2.49. The normalized spacial score (nSPS) is 13.8. The predicted molar refractivity (Wildman–Crippen MR) is 141 cm³/mol. The van der Waals surface area contributed by atoms with Gasteiger partial charge in [0, 0.05) is 41.6 Å². The number of amides is 1. The molecule has 0 spiro atoms. The maximum absolute atomic E-state index is 13.7. The summed E-state index contributed by atoms with van der Waals surface area (Å²) >= 11 is 3.54. The van der Waals surface area contributed by atoms with E-state index in [2.05, 4.69) is 26.9 Å². The van der Waals surface area contributed by atoms with Crippen molar-refractivity contribution in [3.05, 3.63) is 88.9 Å². The molecule has 0 saturated carbocycles. The van der Waals surface area contributed by atoms with Crippen molar-refractivity contribution in [1.29, 1.82) is 0 Å². The molecule has 1 aromatic heterocycles. The van der Waals surface area contributed by atoms with Gasteiger partial charge in [0.1, 0.15) is 5.75 Å². The van der Waals surface area contributed by atoms with E-state index in [0.29, 0.717) is 25.3 Å². The molecule has 1 aliphatic heterocycles. The zero-order chi connectivity index (χ0) is 23.5. The van der Waals surface area contributed by atoms with Gasteiger partial charge in [-0.3, -0.25) is 4.79 Å². The quantitative estimate of drug-likeness (QED) is 0.325. The zero-order valence-electron chi connectivity index (χ0n) is 19.1. The first-order valence-electron chi connectivity index (χ1n) is 11.6. The van der Waals surface area contributed by atoms with Gasteiger partial charge in [-0.25, -0.2) is 4.98 Å². The summed E-state index contributed by atoms with van der Waals surface area (Å²) in [4.78, 5) is 22.8. The lowest BCUT2D eigenvalue weighted by Gasteiger charge is -2.37. The fraction of sp³-hybridized carbons (Fsp3) is 0.214. The molecule has 1 aliphatic rings. The molecule has 0 atom stereocenters. The van der Waals surface area contributed by atoms with E-state index in [1.54, 1.807) is 0 Å². The Morgan fingerprint density at radius 2 is 1.71 bits per heavy atom. The van der Waals surface area contributed by atoms with Crippen molar-refractivity contribution in [3.8, 4) is 17.0 Å². The Morgan fingerprint density at radius 3 is 2.50 bits per heavy atom. The van der Waals surface area contributed by atoms with E-state index in [1.165, 1.54) is 0 Å². The first kappa shape index (κ1) is 22.4. The van der Waals surface area contributed by atoms with Crippen LogP contribution in [0.25, 0.3) is 22.2 Å². The molecule has 5 rings (SSSR count). The van der Waals surface area contributed by atoms with E-state index in [-0.39, 0.29) is 5.91 Å². The number of carbonyl (C=O) groups excluding carboxylic acids is 1. The van der Waals surface area contributed by atoms with Crippen LogP contribution in [0.4, 0.5) is 5.69 Å². The van der Waals surface area contributed by atoms with Gasteiger partial charge in [-0.2, -0.15) is 0 Å². The number of aromatic nitrogens is 1. The third-order valence-electron chi connectivity index (χ3n) is 6.14. The molecule has 0 bridgehead atoms. The van der Waals surface area contributed by atoms with Gasteiger partial charge in [0.05, 0.1) is 29.1 Å². The molecule has 34 heavy (non-hydrogen) atoms. The number of pyridine rings is 1. The Hall–Kier alpha value is -3.38. The molecule has 0 unspecified atom stereocenters. The van der Waals surface area contributed by atoms with Gasteiger partial charge < -0.3 is 14.5 Å². The summed E-state index contributed by atoms with van der Waals surface area (Å²) in [6.07, 6.45) is 0. The Bertz CT molecular complexity index is 1330. The number of hydrogen-bond acceptors (Lipinski definition) is 4. The van der Waals surface area contributed by atoms with Gasteiger partial charge in [0.15, 0.2) is 0 Å². The predicted octanol–water partition coefficient (Wildman–Crippen LogP) is 6.03. The Morgan fingerprint density at radius 1 is 0.941 bits per heavy atom. The lowest BCUT2D eigenvalue weighted by molar-refractivity contribution is 0.0748. The summed E-state index contributed by atoms with van der Waals surface area (Å²) < 4.78 is 6.80. The van der Waals surface area contributed by atoms with Crippen molar-refractivity contribution < 1.29 is 9.53 Å². The largest absolute Gasteiger partial charge is 0.492 e. The number of nitrogens with zero attached hydrogens (tertiary/aromatic N) is 3. The minimum absolute atomic E-state index is 0.0487. The smallest absolute Gasteiger partial charge is 0.254 e. The van der Waals surface area contributed by atoms with Gasteiger partial charge in [0.2, 0.25) is 0 Å². The van der Waals surface area contributed by atoms with E-state index in [1.807, 2.05) is 84.6 Å². The number of anilines is 1.